The maximum atomic E-state index is 4.38. The van der Waals surface area contributed by atoms with Crippen molar-refractivity contribution in [3.05, 3.63) is 53.5 Å². The van der Waals surface area contributed by atoms with E-state index in [1.165, 1.54) is 27.7 Å². The molecule has 0 atom stereocenters. The van der Waals surface area contributed by atoms with Gasteiger partial charge in [0, 0.05) is 41.4 Å². The Kier molecular flexibility index (Phi) is 4.06. The number of rotatable bonds is 6. The molecule has 0 aliphatic carbocycles. The second-order valence-corrected chi connectivity index (χ2v) is 5.36. The Morgan fingerprint density at radius 1 is 1.24 bits per heavy atom. The summed E-state index contributed by atoms with van der Waals surface area (Å²) < 4.78 is 2.04. The van der Waals surface area contributed by atoms with Crippen LogP contribution in [0.2, 0.25) is 0 Å². The number of nitrogens with zero attached hydrogens (tertiary/aromatic N) is 2. The zero-order chi connectivity index (χ0) is 14.7. The molecule has 2 N–H and O–H groups in total. The molecule has 0 aliphatic heterocycles. The molecule has 0 radical (unpaired) electrons. The lowest BCUT2D eigenvalue weighted by Crippen LogP contribution is -2.17. The maximum Gasteiger partial charge on any atom is 0.0537 e. The van der Waals surface area contributed by atoms with E-state index in [2.05, 4.69) is 59.7 Å². The third-order valence-corrected chi connectivity index (χ3v) is 4.07. The van der Waals surface area contributed by atoms with E-state index < -0.39 is 0 Å². The highest BCUT2D eigenvalue weighted by Gasteiger charge is 2.05. The molecule has 0 fully saturated rings. The van der Waals surface area contributed by atoms with E-state index in [-0.39, 0.29) is 0 Å². The summed E-state index contributed by atoms with van der Waals surface area (Å²) in [5.74, 6) is 0. The van der Waals surface area contributed by atoms with E-state index in [0.717, 1.165) is 26.1 Å². The Morgan fingerprint density at radius 2 is 2.10 bits per heavy atom. The standard InChI is InChI=1S/C17H22N4/c1-3-21-13(2)15(12-20-21)10-18-9-8-14-11-19-17-7-5-4-6-16(14)17/h4-7,11-12,18-19H,3,8-10H2,1-2H3. The van der Waals surface area contributed by atoms with Gasteiger partial charge >= 0.3 is 0 Å². The van der Waals surface area contributed by atoms with E-state index in [4.69, 9.17) is 0 Å². The fourth-order valence-corrected chi connectivity index (χ4v) is 2.76. The fourth-order valence-electron chi connectivity index (χ4n) is 2.76. The van der Waals surface area contributed by atoms with Crippen molar-refractivity contribution in [2.75, 3.05) is 6.54 Å². The molecule has 3 aromatic rings. The number of benzene rings is 1. The van der Waals surface area contributed by atoms with Gasteiger partial charge in [-0.1, -0.05) is 18.2 Å². The lowest BCUT2D eigenvalue weighted by atomic mass is 10.1. The summed E-state index contributed by atoms with van der Waals surface area (Å²) in [7, 11) is 0. The number of H-pyrrole nitrogens is 1. The molecule has 4 nitrogen and oxygen atoms in total. The van der Waals surface area contributed by atoms with Gasteiger partial charge in [-0.15, -0.1) is 0 Å². The van der Waals surface area contributed by atoms with Crippen LogP contribution in [0.1, 0.15) is 23.7 Å². The average molecular weight is 282 g/mol. The van der Waals surface area contributed by atoms with E-state index >= 15 is 0 Å². The SMILES string of the molecule is CCn1ncc(CNCCc2c[nH]c3ccccc23)c1C. The third-order valence-electron chi connectivity index (χ3n) is 4.07. The minimum Gasteiger partial charge on any atom is -0.361 e. The lowest BCUT2D eigenvalue weighted by Gasteiger charge is -2.05. The molecule has 1 aromatic carbocycles. The van der Waals surface area contributed by atoms with Crippen LogP contribution in [0.5, 0.6) is 0 Å². The Bertz CT molecular complexity index is 723. The van der Waals surface area contributed by atoms with Crippen molar-refractivity contribution >= 4 is 10.9 Å². The van der Waals surface area contributed by atoms with Gasteiger partial charge in [-0.05, 0) is 38.4 Å². The predicted molar refractivity (Wildman–Crippen MR) is 86.3 cm³/mol. The van der Waals surface area contributed by atoms with Gasteiger partial charge in [-0.2, -0.15) is 5.10 Å². The molecule has 0 aliphatic rings. The lowest BCUT2D eigenvalue weighted by molar-refractivity contribution is 0.633. The first-order valence-corrected chi connectivity index (χ1v) is 7.56. The minimum absolute atomic E-state index is 0.883. The van der Waals surface area contributed by atoms with E-state index in [1.807, 2.05) is 10.9 Å². The first kappa shape index (κ1) is 13.9. The second-order valence-electron chi connectivity index (χ2n) is 5.36. The van der Waals surface area contributed by atoms with Gasteiger partial charge in [0.1, 0.15) is 0 Å². The Balaban J connectivity index is 1.55. The highest BCUT2D eigenvalue weighted by Crippen LogP contribution is 2.17. The zero-order valence-electron chi connectivity index (χ0n) is 12.7. The van der Waals surface area contributed by atoms with Gasteiger partial charge in [0.25, 0.3) is 0 Å². The number of para-hydroxylation sites is 1. The Hall–Kier alpha value is -2.07. The van der Waals surface area contributed by atoms with Crippen LogP contribution in [0.4, 0.5) is 0 Å². The highest BCUT2D eigenvalue weighted by atomic mass is 15.3. The van der Waals surface area contributed by atoms with Crippen LogP contribution in [0, 0.1) is 6.92 Å². The summed E-state index contributed by atoms with van der Waals surface area (Å²) in [5, 5.41) is 9.22. The molecule has 0 bridgehead atoms. The smallest absolute Gasteiger partial charge is 0.0537 e. The predicted octanol–water partition coefficient (Wildman–Crippen LogP) is 3.03. The highest BCUT2D eigenvalue weighted by molar-refractivity contribution is 5.83. The summed E-state index contributed by atoms with van der Waals surface area (Å²) in [5.41, 5.74) is 5.14. The van der Waals surface area contributed by atoms with Gasteiger partial charge < -0.3 is 10.3 Å². The maximum absolute atomic E-state index is 4.38. The van der Waals surface area contributed by atoms with Gasteiger partial charge in [-0.3, -0.25) is 4.68 Å². The summed E-state index contributed by atoms with van der Waals surface area (Å²) in [6.07, 6.45) is 5.12. The normalized spacial score (nSPS) is 11.3. The second kappa shape index (κ2) is 6.14. The van der Waals surface area contributed by atoms with Crippen molar-refractivity contribution < 1.29 is 0 Å². The molecule has 3 rings (SSSR count). The molecule has 21 heavy (non-hydrogen) atoms. The van der Waals surface area contributed by atoms with Gasteiger partial charge in [0.05, 0.1) is 6.20 Å². The summed E-state index contributed by atoms with van der Waals surface area (Å²) in [4.78, 5) is 3.33. The number of aromatic nitrogens is 3. The van der Waals surface area contributed by atoms with Crippen LogP contribution in [-0.4, -0.2) is 21.3 Å². The minimum atomic E-state index is 0.883. The third kappa shape index (κ3) is 2.85. The Labute approximate surface area is 125 Å². The topological polar surface area (TPSA) is 45.6 Å². The molecule has 110 valence electrons. The number of hydrogen-bond donors (Lipinski definition) is 2. The van der Waals surface area contributed by atoms with Gasteiger partial charge in [-0.25, -0.2) is 0 Å². The molecular formula is C17H22N4. The van der Waals surface area contributed by atoms with E-state index in [1.54, 1.807) is 0 Å². The first-order valence-electron chi connectivity index (χ1n) is 7.56. The van der Waals surface area contributed by atoms with Crippen molar-refractivity contribution in [3.8, 4) is 0 Å². The number of aryl methyl sites for hydroxylation is 1. The van der Waals surface area contributed by atoms with Crippen LogP contribution in [0.15, 0.2) is 36.7 Å². The van der Waals surface area contributed by atoms with Crippen molar-refractivity contribution in [2.24, 2.45) is 0 Å². The average Bonchev–Trinajstić information content (AvgIpc) is 3.08. The van der Waals surface area contributed by atoms with Crippen molar-refractivity contribution in [2.45, 2.75) is 33.4 Å². The van der Waals surface area contributed by atoms with E-state index in [0.29, 0.717) is 0 Å². The summed E-state index contributed by atoms with van der Waals surface area (Å²) in [6.45, 7) is 7.04. The quantitative estimate of drug-likeness (QED) is 0.683. The van der Waals surface area contributed by atoms with Crippen LogP contribution >= 0.6 is 0 Å². The van der Waals surface area contributed by atoms with Crippen molar-refractivity contribution in [3.63, 3.8) is 0 Å². The number of nitrogens with one attached hydrogen (secondary N) is 2. The first-order chi connectivity index (χ1) is 10.3. The fraction of sp³-hybridized carbons (Fsp3) is 0.353. The van der Waals surface area contributed by atoms with Gasteiger partial charge in [0.2, 0.25) is 0 Å². The molecule has 2 aromatic heterocycles. The van der Waals surface area contributed by atoms with Crippen molar-refractivity contribution in [1.29, 1.82) is 0 Å². The molecule has 0 unspecified atom stereocenters. The number of hydrogen-bond acceptors (Lipinski definition) is 2. The molecule has 2 heterocycles. The number of aromatic amines is 1. The summed E-state index contributed by atoms with van der Waals surface area (Å²) >= 11 is 0. The molecule has 0 amide bonds. The largest absolute Gasteiger partial charge is 0.361 e. The van der Waals surface area contributed by atoms with Crippen LogP contribution in [-0.2, 0) is 19.5 Å². The van der Waals surface area contributed by atoms with Gasteiger partial charge in [0.15, 0.2) is 0 Å². The van der Waals surface area contributed by atoms with Crippen LogP contribution in [0.25, 0.3) is 10.9 Å². The Morgan fingerprint density at radius 3 is 2.90 bits per heavy atom. The monoisotopic (exact) mass is 282 g/mol. The molecule has 0 saturated heterocycles. The molecular weight excluding hydrogens is 260 g/mol. The molecule has 0 spiro atoms. The van der Waals surface area contributed by atoms with Crippen LogP contribution in [0.3, 0.4) is 0 Å². The van der Waals surface area contributed by atoms with E-state index in [9.17, 15) is 0 Å². The molecule has 0 saturated carbocycles. The van der Waals surface area contributed by atoms with Crippen molar-refractivity contribution in [1.82, 2.24) is 20.1 Å². The zero-order valence-corrected chi connectivity index (χ0v) is 12.7. The molecule has 4 heteroatoms. The summed E-state index contributed by atoms with van der Waals surface area (Å²) in [6, 6.07) is 8.45. The number of fused-ring (bicyclic) bond motifs is 1. The van der Waals surface area contributed by atoms with Crippen LogP contribution < -0.4 is 5.32 Å².